The second-order valence-corrected chi connectivity index (χ2v) is 6.85. The summed E-state index contributed by atoms with van der Waals surface area (Å²) in [5, 5.41) is 3.19. The molecule has 1 heterocycles. The van der Waals surface area contributed by atoms with Gasteiger partial charge in [0.2, 0.25) is 5.95 Å². The lowest BCUT2D eigenvalue weighted by Gasteiger charge is -2.23. The number of hydrogen-bond donors (Lipinski definition) is 1. The first kappa shape index (κ1) is 17.2. The van der Waals surface area contributed by atoms with E-state index in [4.69, 9.17) is 4.74 Å². The number of hydrogen-bond acceptors (Lipinski definition) is 5. The Morgan fingerprint density at radius 2 is 1.93 bits per heavy atom. The molecule has 0 bridgehead atoms. The van der Waals surface area contributed by atoms with Gasteiger partial charge in [0.25, 0.3) is 0 Å². The first-order valence-electron chi connectivity index (χ1n) is 8.99. The SMILES string of the molecule is COc1ccc(Nc2ncc3c(n2)C[C@H](c2cccc(C)c2)CC3=O)cc1. The first-order chi connectivity index (χ1) is 13.1. The predicted octanol–water partition coefficient (Wildman–Crippen LogP) is 4.45. The Morgan fingerprint density at radius 1 is 1.11 bits per heavy atom. The number of methoxy groups -OCH3 is 1. The van der Waals surface area contributed by atoms with Gasteiger partial charge < -0.3 is 10.1 Å². The van der Waals surface area contributed by atoms with Crippen LogP contribution < -0.4 is 10.1 Å². The molecule has 0 fully saturated rings. The number of rotatable bonds is 4. The van der Waals surface area contributed by atoms with Gasteiger partial charge in [-0.05, 0) is 49.1 Å². The van der Waals surface area contributed by atoms with Gasteiger partial charge in [0.15, 0.2) is 5.78 Å². The summed E-state index contributed by atoms with van der Waals surface area (Å²) in [6.07, 6.45) is 2.89. The quantitative estimate of drug-likeness (QED) is 0.745. The minimum atomic E-state index is 0.110. The third-order valence-corrected chi connectivity index (χ3v) is 4.90. The Bertz CT molecular complexity index is 983. The van der Waals surface area contributed by atoms with Crippen LogP contribution in [-0.4, -0.2) is 22.9 Å². The highest BCUT2D eigenvalue weighted by Crippen LogP contribution is 2.32. The third-order valence-electron chi connectivity index (χ3n) is 4.90. The van der Waals surface area contributed by atoms with E-state index >= 15 is 0 Å². The summed E-state index contributed by atoms with van der Waals surface area (Å²) in [6.45, 7) is 2.07. The van der Waals surface area contributed by atoms with Gasteiger partial charge in [-0.25, -0.2) is 9.97 Å². The highest BCUT2D eigenvalue weighted by atomic mass is 16.5. The maximum Gasteiger partial charge on any atom is 0.227 e. The molecule has 2 aromatic carbocycles. The molecule has 1 aromatic heterocycles. The third kappa shape index (κ3) is 3.67. The van der Waals surface area contributed by atoms with E-state index in [1.165, 1.54) is 11.1 Å². The van der Waals surface area contributed by atoms with Crippen molar-refractivity contribution in [2.45, 2.75) is 25.7 Å². The van der Waals surface area contributed by atoms with E-state index in [0.29, 0.717) is 17.9 Å². The minimum Gasteiger partial charge on any atom is -0.497 e. The number of benzene rings is 2. The summed E-state index contributed by atoms with van der Waals surface area (Å²) < 4.78 is 5.17. The fraction of sp³-hybridized carbons (Fsp3) is 0.227. The van der Waals surface area contributed by atoms with E-state index in [2.05, 4.69) is 40.4 Å². The Kier molecular flexibility index (Phi) is 4.59. The zero-order valence-corrected chi connectivity index (χ0v) is 15.4. The Labute approximate surface area is 158 Å². The summed E-state index contributed by atoms with van der Waals surface area (Å²) in [5.74, 6) is 1.56. The van der Waals surface area contributed by atoms with Gasteiger partial charge in [0.05, 0.1) is 18.4 Å². The van der Waals surface area contributed by atoms with Gasteiger partial charge in [0.1, 0.15) is 5.75 Å². The smallest absolute Gasteiger partial charge is 0.227 e. The topological polar surface area (TPSA) is 64.1 Å². The molecule has 5 heteroatoms. The number of fused-ring (bicyclic) bond motifs is 1. The molecule has 1 aliphatic rings. The van der Waals surface area contributed by atoms with Crippen LogP contribution in [0.5, 0.6) is 5.75 Å². The molecular weight excluding hydrogens is 338 g/mol. The van der Waals surface area contributed by atoms with Crippen molar-refractivity contribution in [1.29, 1.82) is 0 Å². The van der Waals surface area contributed by atoms with Crippen LogP contribution in [0.25, 0.3) is 0 Å². The van der Waals surface area contributed by atoms with Crippen molar-refractivity contribution in [3.63, 3.8) is 0 Å². The summed E-state index contributed by atoms with van der Waals surface area (Å²) in [5.41, 5.74) is 4.71. The summed E-state index contributed by atoms with van der Waals surface area (Å²) in [6, 6.07) is 15.9. The maximum absolute atomic E-state index is 12.6. The van der Waals surface area contributed by atoms with Gasteiger partial charge in [-0.3, -0.25) is 4.79 Å². The number of nitrogens with one attached hydrogen (secondary N) is 1. The lowest BCUT2D eigenvalue weighted by atomic mass is 9.82. The zero-order valence-electron chi connectivity index (χ0n) is 15.4. The standard InChI is InChI=1S/C22H21N3O2/c1-14-4-3-5-15(10-14)16-11-20-19(21(26)12-16)13-23-22(25-20)24-17-6-8-18(27-2)9-7-17/h3-10,13,16H,11-12H2,1-2H3,(H,23,24,25)/t16-/m0/s1. The van der Waals surface area contributed by atoms with E-state index in [9.17, 15) is 4.79 Å². The molecular formula is C22H21N3O2. The summed E-state index contributed by atoms with van der Waals surface area (Å²) in [7, 11) is 1.64. The van der Waals surface area contributed by atoms with Gasteiger partial charge in [-0.1, -0.05) is 29.8 Å². The summed E-state index contributed by atoms with van der Waals surface area (Å²) >= 11 is 0. The van der Waals surface area contributed by atoms with Crippen LogP contribution in [0.2, 0.25) is 0 Å². The van der Waals surface area contributed by atoms with E-state index in [-0.39, 0.29) is 11.7 Å². The molecule has 5 nitrogen and oxygen atoms in total. The molecule has 3 aromatic rings. The Morgan fingerprint density at radius 3 is 2.67 bits per heavy atom. The highest BCUT2D eigenvalue weighted by Gasteiger charge is 2.28. The highest BCUT2D eigenvalue weighted by molar-refractivity contribution is 5.98. The molecule has 0 amide bonds. The molecule has 0 unspecified atom stereocenters. The van der Waals surface area contributed by atoms with E-state index in [1.807, 2.05) is 30.3 Å². The normalized spacial score (nSPS) is 15.9. The minimum absolute atomic E-state index is 0.110. The average molecular weight is 359 g/mol. The number of Topliss-reactive ketones (excluding diaryl/α,β-unsaturated/α-hetero) is 1. The van der Waals surface area contributed by atoms with Crippen molar-refractivity contribution in [3.8, 4) is 5.75 Å². The number of carbonyl (C=O) groups excluding carboxylic acids is 1. The largest absolute Gasteiger partial charge is 0.497 e. The zero-order chi connectivity index (χ0) is 18.8. The molecule has 0 aliphatic heterocycles. The molecule has 136 valence electrons. The molecule has 0 saturated carbocycles. The van der Waals surface area contributed by atoms with Gasteiger partial charge in [0, 0.05) is 18.3 Å². The maximum atomic E-state index is 12.6. The fourth-order valence-electron chi connectivity index (χ4n) is 3.47. The van der Waals surface area contributed by atoms with Crippen molar-refractivity contribution in [2.75, 3.05) is 12.4 Å². The molecule has 27 heavy (non-hydrogen) atoms. The van der Waals surface area contributed by atoms with Crippen LogP contribution in [-0.2, 0) is 6.42 Å². The number of ether oxygens (including phenoxy) is 1. The van der Waals surface area contributed by atoms with Crippen molar-refractivity contribution in [3.05, 3.63) is 77.1 Å². The van der Waals surface area contributed by atoms with E-state index < -0.39 is 0 Å². The fourth-order valence-corrected chi connectivity index (χ4v) is 3.47. The lowest BCUT2D eigenvalue weighted by Crippen LogP contribution is -2.21. The molecule has 0 spiro atoms. The van der Waals surface area contributed by atoms with Crippen LogP contribution in [0.15, 0.2) is 54.7 Å². The monoisotopic (exact) mass is 359 g/mol. The molecule has 1 aliphatic carbocycles. The molecule has 1 N–H and O–H groups in total. The van der Waals surface area contributed by atoms with Gasteiger partial charge in [-0.2, -0.15) is 0 Å². The van der Waals surface area contributed by atoms with Crippen molar-refractivity contribution in [2.24, 2.45) is 0 Å². The van der Waals surface area contributed by atoms with E-state index in [1.54, 1.807) is 13.3 Å². The molecule has 1 atom stereocenters. The molecule has 0 saturated heterocycles. The number of nitrogens with zero attached hydrogens (tertiary/aromatic N) is 2. The van der Waals surface area contributed by atoms with Crippen LogP contribution in [0.4, 0.5) is 11.6 Å². The van der Waals surface area contributed by atoms with Crippen LogP contribution >= 0.6 is 0 Å². The predicted molar refractivity (Wildman–Crippen MR) is 105 cm³/mol. The Balaban J connectivity index is 1.58. The second-order valence-electron chi connectivity index (χ2n) is 6.85. The van der Waals surface area contributed by atoms with Gasteiger partial charge >= 0.3 is 0 Å². The van der Waals surface area contributed by atoms with Crippen molar-refractivity contribution >= 4 is 17.4 Å². The van der Waals surface area contributed by atoms with Gasteiger partial charge in [-0.15, -0.1) is 0 Å². The van der Waals surface area contributed by atoms with E-state index in [0.717, 1.165) is 23.6 Å². The van der Waals surface area contributed by atoms with Crippen LogP contribution in [0, 0.1) is 6.92 Å². The number of aryl methyl sites for hydroxylation is 1. The molecule has 4 rings (SSSR count). The first-order valence-corrected chi connectivity index (χ1v) is 8.99. The number of carbonyl (C=O) groups is 1. The Hall–Kier alpha value is -3.21. The second kappa shape index (κ2) is 7.19. The van der Waals surface area contributed by atoms with Crippen LogP contribution in [0.3, 0.4) is 0 Å². The van der Waals surface area contributed by atoms with Crippen molar-refractivity contribution < 1.29 is 9.53 Å². The van der Waals surface area contributed by atoms with Crippen LogP contribution in [0.1, 0.15) is 39.5 Å². The number of ketones is 1. The molecule has 0 radical (unpaired) electrons. The summed E-state index contributed by atoms with van der Waals surface area (Å²) in [4.78, 5) is 21.5. The lowest BCUT2D eigenvalue weighted by molar-refractivity contribution is 0.0962. The van der Waals surface area contributed by atoms with Crippen molar-refractivity contribution in [1.82, 2.24) is 9.97 Å². The number of anilines is 2. The average Bonchev–Trinajstić information content (AvgIpc) is 2.68. The number of aromatic nitrogens is 2.